The second kappa shape index (κ2) is 6.69. The van der Waals surface area contributed by atoms with Crippen molar-refractivity contribution in [3.05, 3.63) is 0 Å². The van der Waals surface area contributed by atoms with Crippen LogP contribution in [-0.2, 0) is 4.79 Å². The zero-order valence-corrected chi connectivity index (χ0v) is 13.5. The first-order valence-corrected chi connectivity index (χ1v) is 7.80. The summed E-state index contributed by atoms with van der Waals surface area (Å²) in [6, 6.07) is 0. The van der Waals surface area contributed by atoms with Gasteiger partial charge in [0.05, 0.1) is 10.4 Å². The fourth-order valence-electron chi connectivity index (χ4n) is 3.18. The highest BCUT2D eigenvalue weighted by Gasteiger charge is 2.43. The minimum atomic E-state index is -0.576. The highest BCUT2D eigenvalue weighted by molar-refractivity contribution is 7.80. The van der Waals surface area contributed by atoms with Crippen molar-refractivity contribution < 1.29 is 4.79 Å². The number of nitrogens with two attached hydrogens (primary N) is 1. The van der Waals surface area contributed by atoms with E-state index in [-0.39, 0.29) is 5.91 Å². The summed E-state index contributed by atoms with van der Waals surface area (Å²) < 4.78 is 0. The molecule has 0 spiro atoms. The maximum absolute atomic E-state index is 12.5. The molecule has 110 valence electrons. The Morgan fingerprint density at radius 2 is 1.68 bits per heavy atom. The molecule has 0 unspecified atom stereocenters. The molecule has 1 fully saturated rings. The zero-order valence-electron chi connectivity index (χ0n) is 12.7. The number of thiocarbonyl (C=S) groups is 1. The summed E-state index contributed by atoms with van der Waals surface area (Å²) in [4.78, 5) is 12.8. The minimum absolute atomic E-state index is 0.0452. The van der Waals surface area contributed by atoms with E-state index in [0.717, 1.165) is 32.2 Å². The topological polar surface area (TPSA) is 55.1 Å². The Bertz CT molecular complexity index is 325. The van der Waals surface area contributed by atoms with E-state index in [1.807, 2.05) is 0 Å². The van der Waals surface area contributed by atoms with Gasteiger partial charge in [0.15, 0.2) is 0 Å². The van der Waals surface area contributed by atoms with Crippen molar-refractivity contribution in [2.24, 2.45) is 28.9 Å². The predicted molar refractivity (Wildman–Crippen MR) is 83.9 cm³/mol. The van der Waals surface area contributed by atoms with Gasteiger partial charge in [-0.05, 0) is 30.6 Å². The molecule has 1 aliphatic rings. The Morgan fingerprint density at radius 1 is 1.21 bits per heavy atom. The van der Waals surface area contributed by atoms with Crippen LogP contribution in [0, 0.1) is 23.2 Å². The molecule has 0 atom stereocenters. The molecule has 0 heterocycles. The SMILES string of the molecule is CC(C)C(CNC(=O)C1(C(N)=S)CCCC1)C(C)C. The lowest BCUT2D eigenvalue weighted by Gasteiger charge is -2.30. The largest absolute Gasteiger partial charge is 0.392 e. The van der Waals surface area contributed by atoms with Crippen LogP contribution >= 0.6 is 12.2 Å². The molecule has 3 nitrogen and oxygen atoms in total. The van der Waals surface area contributed by atoms with Gasteiger partial charge in [-0.2, -0.15) is 0 Å². The van der Waals surface area contributed by atoms with Gasteiger partial charge < -0.3 is 11.1 Å². The molecule has 0 bridgehead atoms. The van der Waals surface area contributed by atoms with Crippen molar-refractivity contribution in [1.29, 1.82) is 0 Å². The maximum Gasteiger partial charge on any atom is 0.233 e. The van der Waals surface area contributed by atoms with Crippen LogP contribution in [0.4, 0.5) is 0 Å². The first-order chi connectivity index (χ1) is 8.81. The smallest absolute Gasteiger partial charge is 0.233 e. The summed E-state index contributed by atoms with van der Waals surface area (Å²) in [5, 5.41) is 3.10. The van der Waals surface area contributed by atoms with Gasteiger partial charge in [0.1, 0.15) is 0 Å². The second-order valence-electron chi connectivity index (χ2n) is 6.52. The Labute approximate surface area is 122 Å². The van der Waals surface area contributed by atoms with Crippen LogP contribution in [0.1, 0.15) is 53.4 Å². The maximum atomic E-state index is 12.5. The summed E-state index contributed by atoms with van der Waals surface area (Å²) >= 11 is 5.14. The van der Waals surface area contributed by atoms with Crippen LogP contribution in [0.3, 0.4) is 0 Å². The van der Waals surface area contributed by atoms with Crippen molar-refractivity contribution in [2.45, 2.75) is 53.4 Å². The van der Waals surface area contributed by atoms with Gasteiger partial charge in [0.2, 0.25) is 5.91 Å². The van der Waals surface area contributed by atoms with Crippen LogP contribution < -0.4 is 11.1 Å². The molecular formula is C15H28N2OS. The van der Waals surface area contributed by atoms with E-state index in [9.17, 15) is 4.79 Å². The molecule has 0 aliphatic heterocycles. The van der Waals surface area contributed by atoms with Gasteiger partial charge in [0.25, 0.3) is 0 Å². The Balaban J connectivity index is 2.66. The minimum Gasteiger partial charge on any atom is -0.392 e. The number of nitrogens with one attached hydrogen (secondary N) is 1. The number of amides is 1. The van der Waals surface area contributed by atoms with Crippen LogP contribution in [0.15, 0.2) is 0 Å². The number of rotatable bonds is 6. The van der Waals surface area contributed by atoms with E-state index in [1.54, 1.807) is 0 Å². The monoisotopic (exact) mass is 284 g/mol. The van der Waals surface area contributed by atoms with Gasteiger partial charge >= 0.3 is 0 Å². The standard InChI is InChI=1S/C15H28N2OS/c1-10(2)12(11(3)4)9-17-14(18)15(13(16)19)7-5-6-8-15/h10-12H,5-9H2,1-4H3,(H2,16,19)(H,17,18). The first kappa shape index (κ1) is 16.4. The fourth-order valence-corrected chi connectivity index (χ4v) is 3.48. The van der Waals surface area contributed by atoms with Crippen molar-refractivity contribution in [1.82, 2.24) is 5.32 Å². The molecular weight excluding hydrogens is 256 g/mol. The van der Waals surface area contributed by atoms with Crippen molar-refractivity contribution in [3.8, 4) is 0 Å². The normalized spacial score (nSPS) is 18.3. The average molecular weight is 284 g/mol. The first-order valence-electron chi connectivity index (χ1n) is 7.39. The quantitative estimate of drug-likeness (QED) is 0.737. The fraction of sp³-hybridized carbons (Fsp3) is 0.867. The molecule has 1 rings (SSSR count). The van der Waals surface area contributed by atoms with E-state index in [2.05, 4.69) is 33.0 Å². The van der Waals surface area contributed by atoms with Crippen LogP contribution in [0.5, 0.6) is 0 Å². The summed E-state index contributed by atoms with van der Waals surface area (Å²) in [5.74, 6) is 1.66. The van der Waals surface area contributed by atoms with Gasteiger partial charge in [-0.1, -0.05) is 52.8 Å². The summed E-state index contributed by atoms with van der Waals surface area (Å²) in [6.07, 6.45) is 3.70. The molecule has 0 aromatic rings. The van der Waals surface area contributed by atoms with Crippen LogP contribution in [0.25, 0.3) is 0 Å². The molecule has 0 radical (unpaired) electrons. The Kier molecular flexibility index (Phi) is 5.78. The lowest BCUT2D eigenvalue weighted by molar-refractivity contribution is -0.127. The molecule has 1 amide bonds. The highest BCUT2D eigenvalue weighted by atomic mass is 32.1. The molecule has 0 saturated heterocycles. The van der Waals surface area contributed by atoms with Gasteiger partial charge in [0, 0.05) is 6.54 Å². The van der Waals surface area contributed by atoms with E-state index in [0.29, 0.717) is 22.7 Å². The third-order valence-corrected chi connectivity index (χ3v) is 4.97. The molecule has 1 saturated carbocycles. The highest BCUT2D eigenvalue weighted by Crippen LogP contribution is 2.38. The number of carbonyl (C=O) groups excluding carboxylic acids is 1. The number of hydrogen-bond donors (Lipinski definition) is 2. The Morgan fingerprint density at radius 3 is 2.05 bits per heavy atom. The summed E-state index contributed by atoms with van der Waals surface area (Å²) in [5.41, 5.74) is 5.25. The molecule has 0 aromatic heterocycles. The Hall–Kier alpha value is -0.640. The van der Waals surface area contributed by atoms with Gasteiger partial charge in [-0.25, -0.2) is 0 Å². The predicted octanol–water partition coefficient (Wildman–Crippen LogP) is 2.88. The summed E-state index contributed by atoms with van der Waals surface area (Å²) in [6.45, 7) is 9.54. The third kappa shape index (κ3) is 3.68. The lowest BCUT2D eigenvalue weighted by Crippen LogP contribution is -2.49. The molecule has 4 heteroatoms. The molecule has 0 aromatic carbocycles. The lowest BCUT2D eigenvalue weighted by atomic mass is 9.83. The number of hydrogen-bond acceptors (Lipinski definition) is 2. The average Bonchev–Trinajstić information content (AvgIpc) is 2.78. The zero-order chi connectivity index (χ0) is 14.6. The van der Waals surface area contributed by atoms with E-state index in [4.69, 9.17) is 18.0 Å². The second-order valence-corrected chi connectivity index (χ2v) is 6.96. The molecule has 1 aliphatic carbocycles. The third-order valence-electron chi connectivity index (χ3n) is 4.57. The van der Waals surface area contributed by atoms with Crippen molar-refractivity contribution in [3.63, 3.8) is 0 Å². The van der Waals surface area contributed by atoms with Crippen molar-refractivity contribution >= 4 is 23.1 Å². The number of carbonyl (C=O) groups is 1. The van der Waals surface area contributed by atoms with E-state index < -0.39 is 5.41 Å². The van der Waals surface area contributed by atoms with Crippen molar-refractivity contribution in [2.75, 3.05) is 6.54 Å². The van der Waals surface area contributed by atoms with Gasteiger partial charge in [-0.3, -0.25) is 4.79 Å². The summed E-state index contributed by atoms with van der Waals surface area (Å²) in [7, 11) is 0. The van der Waals surface area contributed by atoms with Crippen LogP contribution in [-0.4, -0.2) is 17.4 Å². The molecule has 3 N–H and O–H groups in total. The molecule has 19 heavy (non-hydrogen) atoms. The van der Waals surface area contributed by atoms with Crippen LogP contribution in [0.2, 0.25) is 0 Å². The van der Waals surface area contributed by atoms with E-state index >= 15 is 0 Å². The van der Waals surface area contributed by atoms with Gasteiger partial charge in [-0.15, -0.1) is 0 Å². The van der Waals surface area contributed by atoms with E-state index in [1.165, 1.54) is 0 Å².